The Morgan fingerprint density at radius 3 is 1.17 bits per heavy atom. The van der Waals surface area contributed by atoms with Crippen molar-refractivity contribution in [2.45, 2.75) is 26.7 Å². The van der Waals surface area contributed by atoms with Crippen molar-refractivity contribution in [3.05, 3.63) is 167 Å². The number of allylic oxidation sites excluding steroid dienone is 8. The molecule has 0 saturated heterocycles. The van der Waals surface area contributed by atoms with Gasteiger partial charge in [-0.2, -0.15) is 23.3 Å². The van der Waals surface area contributed by atoms with Crippen molar-refractivity contribution < 1.29 is 56.6 Å². The van der Waals surface area contributed by atoms with E-state index in [1.54, 1.807) is 24.3 Å². The van der Waals surface area contributed by atoms with E-state index in [1.165, 1.54) is 68.8 Å². The molecule has 0 aromatic heterocycles. The fourth-order valence-corrected chi connectivity index (χ4v) is 9.39. The molecule has 212 valence electrons. The van der Waals surface area contributed by atoms with Gasteiger partial charge in [0.1, 0.15) is 11.6 Å². The number of hydrogen-bond donors (Lipinski definition) is 0. The first-order valence-corrected chi connectivity index (χ1v) is 20.1. The third-order valence-corrected chi connectivity index (χ3v) is 14.6. The number of rotatable bonds is 4. The molecule has 4 aromatic carbocycles. The summed E-state index contributed by atoms with van der Waals surface area (Å²) >= 11 is 1.27. The van der Waals surface area contributed by atoms with Crippen LogP contribution in [0, 0.1) is 23.8 Å². The van der Waals surface area contributed by atoms with Gasteiger partial charge >= 0.3 is 99.5 Å². The monoisotopic (exact) mass is 778 g/mol. The molecular formula is C36H30Cl2F2HfSi-2. The Morgan fingerprint density at radius 1 is 0.548 bits per heavy atom. The van der Waals surface area contributed by atoms with Gasteiger partial charge in [-0.3, -0.25) is 12.2 Å². The molecule has 42 heavy (non-hydrogen) atoms. The summed E-state index contributed by atoms with van der Waals surface area (Å²) in [5.41, 5.74) is 6.42. The van der Waals surface area contributed by atoms with Crippen LogP contribution >= 0.6 is 0 Å². The average molecular weight is 778 g/mol. The first kappa shape index (κ1) is 35.6. The van der Waals surface area contributed by atoms with Crippen molar-refractivity contribution in [1.82, 2.24) is 0 Å². The number of halogens is 4. The summed E-state index contributed by atoms with van der Waals surface area (Å²) in [6.07, 6.45) is 12.4. The molecule has 0 nitrogen and oxygen atoms in total. The molecule has 0 aliphatic heterocycles. The summed E-state index contributed by atoms with van der Waals surface area (Å²) < 4.78 is 25.3. The van der Waals surface area contributed by atoms with Crippen molar-refractivity contribution in [3.8, 4) is 0 Å². The van der Waals surface area contributed by atoms with Gasteiger partial charge in [0.2, 0.25) is 0 Å². The van der Waals surface area contributed by atoms with Gasteiger partial charge in [0.15, 0.2) is 0 Å². The fourth-order valence-electron chi connectivity index (χ4n) is 4.41. The predicted octanol–water partition coefficient (Wildman–Crippen LogP) is 2.07. The molecule has 0 unspecified atom stereocenters. The van der Waals surface area contributed by atoms with E-state index in [0.29, 0.717) is 0 Å². The van der Waals surface area contributed by atoms with Gasteiger partial charge in [-0.15, -0.1) is 24.0 Å². The van der Waals surface area contributed by atoms with Gasteiger partial charge in [-0.25, -0.2) is 19.9 Å². The zero-order valence-electron chi connectivity index (χ0n) is 23.5. The maximum atomic E-state index is 12.6. The minimum atomic E-state index is -0.406. The van der Waals surface area contributed by atoms with E-state index >= 15 is 0 Å². The Hall–Kier alpha value is -2.63. The molecule has 2 aliphatic carbocycles. The first-order valence-electron chi connectivity index (χ1n) is 13.2. The normalized spacial score (nSPS) is 12.9. The van der Waals surface area contributed by atoms with E-state index < -0.39 is 5.49 Å². The molecule has 0 fully saturated rings. The summed E-state index contributed by atoms with van der Waals surface area (Å²) in [7, 11) is 0. The van der Waals surface area contributed by atoms with Crippen molar-refractivity contribution in [1.29, 1.82) is 0 Å². The van der Waals surface area contributed by atoms with Crippen molar-refractivity contribution in [2.24, 2.45) is 0 Å². The van der Waals surface area contributed by atoms with Crippen LogP contribution in [0.1, 0.15) is 37.8 Å². The Bertz CT molecular complexity index is 1440. The van der Waals surface area contributed by atoms with Gasteiger partial charge in [-0.05, 0) is 24.3 Å². The van der Waals surface area contributed by atoms with Crippen LogP contribution in [-0.2, 0) is 23.0 Å². The van der Waals surface area contributed by atoms with Gasteiger partial charge < -0.3 is 24.8 Å². The van der Waals surface area contributed by atoms with Gasteiger partial charge in [0, 0.05) is 0 Å². The molecule has 6 rings (SSSR count). The summed E-state index contributed by atoms with van der Waals surface area (Å²) in [4.78, 5) is 0. The van der Waals surface area contributed by atoms with Crippen LogP contribution in [0.3, 0.4) is 0 Å². The van der Waals surface area contributed by atoms with E-state index in [2.05, 4.69) is 85.0 Å². The standard InChI is InChI=1S/2C12H10F.C12H10Si.2ClH.Hf/c2*1-9-3-2-4-12(9)10-5-7-11(13)8-6-10;1-3-7-11(8-4-1)13-12-9-5-2-6-10-12;;;/h2*4-8H,2H2,1H3;1-10H;2*1H;/q2*-1;;;;+2/p-2. The van der Waals surface area contributed by atoms with Crippen LogP contribution in [0.2, 0.25) is 0 Å². The molecule has 4 aromatic rings. The van der Waals surface area contributed by atoms with Crippen molar-refractivity contribution >= 4 is 27.0 Å². The Morgan fingerprint density at radius 2 is 0.881 bits per heavy atom. The second-order valence-electron chi connectivity index (χ2n) is 9.37. The number of hydrogen-bond acceptors (Lipinski definition) is 0. The third kappa shape index (κ3) is 10.3. The molecule has 0 heterocycles. The minimum absolute atomic E-state index is 0. The zero-order valence-corrected chi connectivity index (χ0v) is 29.6. The summed E-state index contributed by atoms with van der Waals surface area (Å²) in [6.45, 7) is 4.06. The Balaban J connectivity index is 0.000000215. The molecule has 0 atom stereocenters. The summed E-state index contributed by atoms with van der Waals surface area (Å²) in [5, 5.41) is 3.07. The molecule has 0 radical (unpaired) electrons. The Kier molecular flexibility index (Phi) is 15.3. The van der Waals surface area contributed by atoms with E-state index in [9.17, 15) is 8.78 Å². The van der Waals surface area contributed by atoms with Crippen LogP contribution in [0.25, 0.3) is 11.1 Å². The van der Waals surface area contributed by atoms with Gasteiger partial charge in [0.25, 0.3) is 0 Å². The van der Waals surface area contributed by atoms with Crippen molar-refractivity contribution in [3.63, 3.8) is 0 Å². The topological polar surface area (TPSA) is 0 Å². The van der Waals surface area contributed by atoms with E-state index in [-0.39, 0.29) is 36.4 Å². The van der Waals surface area contributed by atoms with Crippen LogP contribution < -0.4 is 35.2 Å². The van der Waals surface area contributed by atoms with E-state index in [4.69, 9.17) is 0 Å². The maximum absolute atomic E-state index is 12.6. The van der Waals surface area contributed by atoms with Gasteiger partial charge in [0.05, 0.1) is 0 Å². The molecule has 0 bridgehead atoms. The zero-order chi connectivity index (χ0) is 28.3. The van der Waals surface area contributed by atoms with E-state index in [1.807, 2.05) is 13.8 Å². The SMILES string of the molecule is CC1=[C-]CC=C1c1ccc(F)cc1.CC1=[C-]CC=C1c1ccc(F)cc1.[Cl-].[Cl-].[Hf+2]=[Si](c1ccccc1)c1ccccc1. The molecule has 0 spiro atoms. The molecule has 0 N–H and O–H groups in total. The second kappa shape index (κ2) is 18.1. The number of benzene rings is 4. The van der Waals surface area contributed by atoms with E-state index in [0.717, 1.165) is 35.1 Å². The molecule has 0 saturated carbocycles. The molecule has 0 amide bonds. The Labute approximate surface area is 275 Å². The second-order valence-corrected chi connectivity index (χ2v) is 16.7. The third-order valence-electron chi connectivity index (χ3n) is 6.59. The first-order chi connectivity index (χ1) is 19.4. The molecule has 6 heteroatoms. The summed E-state index contributed by atoms with van der Waals surface area (Å²) in [5.74, 6) is -0.374. The van der Waals surface area contributed by atoms with Crippen LogP contribution in [0.5, 0.6) is 0 Å². The molecule has 2 aliphatic rings. The average Bonchev–Trinajstić information content (AvgIpc) is 3.63. The van der Waals surface area contributed by atoms with Gasteiger partial charge in [-0.1, -0.05) is 38.1 Å². The predicted molar refractivity (Wildman–Crippen MR) is 161 cm³/mol. The summed E-state index contributed by atoms with van der Waals surface area (Å²) in [6, 6.07) is 34.9. The fraction of sp³-hybridized carbons (Fsp3) is 0.111. The molecular weight excluding hydrogens is 748 g/mol. The quantitative estimate of drug-likeness (QED) is 0.220. The van der Waals surface area contributed by atoms with Crippen LogP contribution in [0.15, 0.2) is 132 Å². The van der Waals surface area contributed by atoms with Crippen LogP contribution in [-0.4, -0.2) is 5.49 Å². The van der Waals surface area contributed by atoms with Crippen molar-refractivity contribution in [2.75, 3.05) is 0 Å². The van der Waals surface area contributed by atoms with Crippen LogP contribution in [0.4, 0.5) is 8.78 Å².